The zero-order chi connectivity index (χ0) is 15.5. The van der Waals surface area contributed by atoms with Crippen LogP contribution >= 0.6 is 0 Å². The van der Waals surface area contributed by atoms with E-state index < -0.39 is 10.0 Å². The molecule has 1 saturated heterocycles. The number of aliphatic hydroxyl groups excluding tert-OH is 1. The molecule has 2 heterocycles. The zero-order valence-electron chi connectivity index (χ0n) is 12.3. The molecule has 1 aliphatic rings. The lowest BCUT2D eigenvalue weighted by molar-refractivity contribution is 0.151. The van der Waals surface area contributed by atoms with E-state index in [0.717, 1.165) is 6.42 Å². The molecule has 1 fully saturated rings. The van der Waals surface area contributed by atoms with Gasteiger partial charge in [-0.3, -0.25) is 9.58 Å². The van der Waals surface area contributed by atoms with Gasteiger partial charge >= 0.3 is 0 Å². The summed E-state index contributed by atoms with van der Waals surface area (Å²) in [5, 5.41) is 13.0. The molecule has 1 aliphatic heterocycles. The lowest BCUT2D eigenvalue weighted by Gasteiger charge is -2.33. The standard InChI is InChI=1S/C12H23N5O3S/c1-2-3-16-10-11(12(13)14-16)21(19,20)17-6-4-15(5-7-17)8-9-18/h10,18H,2-9H2,1H3,(H2,13,14). The van der Waals surface area contributed by atoms with Crippen LogP contribution in [-0.4, -0.2) is 71.8 Å². The number of aliphatic hydroxyl groups is 1. The van der Waals surface area contributed by atoms with Gasteiger partial charge < -0.3 is 10.8 Å². The maximum Gasteiger partial charge on any atom is 0.248 e. The molecule has 0 aliphatic carbocycles. The van der Waals surface area contributed by atoms with Gasteiger partial charge in [-0.25, -0.2) is 8.42 Å². The Hall–Kier alpha value is -1.16. The number of nitrogen functional groups attached to an aromatic ring is 1. The number of β-amino-alcohol motifs (C(OH)–C–C–N with tert-alkyl or cyclic N) is 1. The van der Waals surface area contributed by atoms with Gasteiger partial charge in [-0.1, -0.05) is 6.92 Å². The smallest absolute Gasteiger partial charge is 0.248 e. The predicted octanol–water partition coefficient (Wildman–Crippen LogP) is -0.826. The first-order valence-corrected chi connectivity index (χ1v) is 8.59. The number of piperazine rings is 1. The summed E-state index contributed by atoms with van der Waals surface area (Å²) in [6.07, 6.45) is 2.37. The Labute approximate surface area is 125 Å². The van der Waals surface area contributed by atoms with Gasteiger partial charge in [-0.05, 0) is 6.42 Å². The molecule has 0 unspecified atom stereocenters. The van der Waals surface area contributed by atoms with Crippen LogP contribution in [0.3, 0.4) is 0 Å². The second kappa shape index (κ2) is 6.73. The molecule has 1 aromatic rings. The number of hydrogen-bond donors (Lipinski definition) is 2. The number of hydrogen-bond acceptors (Lipinski definition) is 6. The molecule has 3 N–H and O–H groups in total. The van der Waals surface area contributed by atoms with Gasteiger partial charge in [0.15, 0.2) is 5.82 Å². The van der Waals surface area contributed by atoms with Crippen LogP contribution in [0.2, 0.25) is 0 Å². The Morgan fingerprint density at radius 3 is 2.52 bits per heavy atom. The number of sulfonamides is 1. The van der Waals surface area contributed by atoms with Crippen LogP contribution in [0.15, 0.2) is 11.1 Å². The summed E-state index contributed by atoms with van der Waals surface area (Å²) in [6, 6.07) is 0. The summed E-state index contributed by atoms with van der Waals surface area (Å²) in [5.74, 6) is 0.0567. The average Bonchev–Trinajstić information content (AvgIpc) is 2.82. The zero-order valence-corrected chi connectivity index (χ0v) is 13.1. The molecule has 120 valence electrons. The fourth-order valence-electron chi connectivity index (χ4n) is 2.43. The number of rotatable bonds is 6. The highest BCUT2D eigenvalue weighted by Crippen LogP contribution is 2.22. The molecule has 0 atom stereocenters. The molecule has 9 heteroatoms. The molecule has 1 aromatic heterocycles. The Morgan fingerprint density at radius 1 is 1.29 bits per heavy atom. The van der Waals surface area contributed by atoms with Gasteiger partial charge in [0.2, 0.25) is 10.0 Å². The molecule has 0 spiro atoms. The maximum atomic E-state index is 12.6. The van der Waals surface area contributed by atoms with Crippen molar-refractivity contribution in [1.82, 2.24) is 19.0 Å². The Kier molecular flexibility index (Phi) is 5.20. The molecule has 0 bridgehead atoms. The van der Waals surface area contributed by atoms with Gasteiger partial charge in [0.25, 0.3) is 0 Å². The van der Waals surface area contributed by atoms with E-state index in [2.05, 4.69) is 5.10 Å². The quantitative estimate of drug-likeness (QED) is 0.710. The van der Waals surface area contributed by atoms with E-state index in [1.54, 1.807) is 4.68 Å². The monoisotopic (exact) mass is 317 g/mol. The minimum atomic E-state index is -3.59. The molecule has 21 heavy (non-hydrogen) atoms. The Balaban J connectivity index is 2.12. The maximum absolute atomic E-state index is 12.6. The molecule has 0 radical (unpaired) electrons. The Bertz CT molecular complexity index is 563. The molecule has 0 aromatic carbocycles. The summed E-state index contributed by atoms with van der Waals surface area (Å²) in [4.78, 5) is 2.13. The predicted molar refractivity (Wildman–Crippen MR) is 79.2 cm³/mol. The van der Waals surface area contributed by atoms with Crippen LogP contribution in [0, 0.1) is 0 Å². The Morgan fingerprint density at radius 2 is 1.95 bits per heavy atom. The van der Waals surface area contributed by atoms with E-state index in [4.69, 9.17) is 10.8 Å². The van der Waals surface area contributed by atoms with E-state index in [-0.39, 0.29) is 17.3 Å². The van der Waals surface area contributed by atoms with Crippen molar-refractivity contribution in [2.75, 3.05) is 45.1 Å². The molecular weight excluding hydrogens is 294 g/mol. The first-order valence-electron chi connectivity index (χ1n) is 7.15. The average molecular weight is 317 g/mol. The second-order valence-electron chi connectivity index (χ2n) is 5.11. The number of aryl methyl sites for hydroxylation is 1. The van der Waals surface area contributed by atoms with Crippen LogP contribution in [-0.2, 0) is 16.6 Å². The van der Waals surface area contributed by atoms with Crippen LogP contribution in [0.25, 0.3) is 0 Å². The minimum Gasteiger partial charge on any atom is -0.395 e. The van der Waals surface area contributed by atoms with Gasteiger partial charge in [0.1, 0.15) is 4.90 Å². The highest BCUT2D eigenvalue weighted by molar-refractivity contribution is 7.89. The van der Waals surface area contributed by atoms with Crippen molar-refractivity contribution >= 4 is 15.8 Å². The number of nitrogens with two attached hydrogens (primary N) is 1. The van der Waals surface area contributed by atoms with Gasteiger partial charge in [0.05, 0.1) is 6.61 Å². The van der Waals surface area contributed by atoms with Crippen LogP contribution in [0.5, 0.6) is 0 Å². The van der Waals surface area contributed by atoms with Crippen molar-refractivity contribution in [2.24, 2.45) is 0 Å². The van der Waals surface area contributed by atoms with Crippen molar-refractivity contribution in [3.63, 3.8) is 0 Å². The SMILES string of the molecule is CCCn1cc(S(=O)(=O)N2CCN(CCO)CC2)c(N)n1. The van der Waals surface area contributed by atoms with E-state index in [9.17, 15) is 8.42 Å². The topological polar surface area (TPSA) is 105 Å². The van der Waals surface area contributed by atoms with Crippen molar-refractivity contribution < 1.29 is 13.5 Å². The molecule has 0 saturated carbocycles. The first-order chi connectivity index (χ1) is 9.98. The van der Waals surface area contributed by atoms with E-state index in [0.29, 0.717) is 39.3 Å². The number of nitrogens with zero attached hydrogens (tertiary/aromatic N) is 4. The van der Waals surface area contributed by atoms with Crippen LogP contribution in [0.1, 0.15) is 13.3 Å². The summed E-state index contributed by atoms with van der Waals surface area (Å²) in [5.41, 5.74) is 5.76. The molecular formula is C12H23N5O3S. The summed E-state index contributed by atoms with van der Waals surface area (Å²) in [6.45, 7) is 5.33. The van der Waals surface area contributed by atoms with Crippen molar-refractivity contribution in [3.05, 3.63) is 6.20 Å². The molecule has 2 rings (SSSR count). The third-order valence-electron chi connectivity index (χ3n) is 3.57. The molecule has 0 amide bonds. The van der Waals surface area contributed by atoms with E-state index >= 15 is 0 Å². The van der Waals surface area contributed by atoms with Gasteiger partial charge in [-0.15, -0.1) is 0 Å². The number of anilines is 1. The van der Waals surface area contributed by atoms with E-state index in [1.165, 1.54) is 10.5 Å². The summed E-state index contributed by atoms with van der Waals surface area (Å²) >= 11 is 0. The lowest BCUT2D eigenvalue weighted by Crippen LogP contribution is -2.49. The fraction of sp³-hybridized carbons (Fsp3) is 0.750. The van der Waals surface area contributed by atoms with Gasteiger partial charge in [-0.2, -0.15) is 9.40 Å². The number of aromatic nitrogens is 2. The third kappa shape index (κ3) is 3.54. The second-order valence-corrected chi connectivity index (χ2v) is 7.02. The third-order valence-corrected chi connectivity index (χ3v) is 5.49. The van der Waals surface area contributed by atoms with Crippen molar-refractivity contribution in [1.29, 1.82) is 0 Å². The first kappa shape index (κ1) is 16.2. The normalized spacial score (nSPS) is 18.2. The highest BCUT2D eigenvalue weighted by Gasteiger charge is 2.31. The fourth-order valence-corrected chi connectivity index (χ4v) is 3.92. The van der Waals surface area contributed by atoms with Crippen molar-refractivity contribution in [2.45, 2.75) is 24.8 Å². The van der Waals surface area contributed by atoms with Crippen molar-refractivity contribution in [3.8, 4) is 0 Å². The molecule has 8 nitrogen and oxygen atoms in total. The van der Waals surface area contributed by atoms with Crippen LogP contribution < -0.4 is 5.73 Å². The minimum absolute atomic E-state index is 0.0567. The highest BCUT2D eigenvalue weighted by atomic mass is 32.2. The van der Waals surface area contributed by atoms with Crippen LogP contribution in [0.4, 0.5) is 5.82 Å². The summed E-state index contributed by atoms with van der Waals surface area (Å²) < 4.78 is 28.2. The van der Waals surface area contributed by atoms with Gasteiger partial charge in [0, 0.05) is 45.5 Å². The summed E-state index contributed by atoms with van der Waals surface area (Å²) in [7, 11) is -3.59. The largest absolute Gasteiger partial charge is 0.395 e. The van der Waals surface area contributed by atoms with E-state index in [1.807, 2.05) is 11.8 Å². The lowest BCUT2D eigenvalue weighted by atomic mass is 10.4.